The first-order valence-corrected chi connectivity index (χ1v) is 9.99. The van der Waals surface area contributed by atoms with Crippen molar-refractivity contribution in [3.63, 3.8) is 0 Å². The zero-order chi connectivity index (χ0) is 17.8. The lowest BCUT2D eigenvalue weighted by Gasteiger charge is -2.18. The number of hydrogen-bond acceptors (Lipinski definition) is 7. The van der Waals surface area contributed by atoms with E-state index in [1.165, 1.54) is 0 Å². The summed E-state index contributed by atoms with van der Waals surface area (Å²) in [6, 6.07) is 10.1. The van der Waals surface area contributed by atoms with Gasteiger partial charge in [-0.3, -0.25) is 4.98 Å². The van der Waals surface area contributed by atoms with Crippen molar-refractivity contribution in [2.24, 2.45) is 0 Å². The van der Waals surface area contributed by atoms with E-state index in [-0.39, 0.29) is 0 Å². The average molecular weight is 380 g/mol. The molecule has 0 saturated heterocycles. The molecule has 26 heavy (non-hydrogen) atoms. The van der Waals surface area contributed by atoms with Gasteiger partial charge in [-0.1, -0.05) is 12.1 Å². The van der Waals surface area contributed by atoms with Crippen LogP contribution in [-0.4, -0.2) is 33.5 Å². The molecule has 0 atom stereocenters. The Morgan fingerprint density at radius 2 is 1.92 bits per heavy atom. The SMILES string of the molecule is CN(CCc1ccccn1)c1ncc(-c2cccs2)c(-c2nccs2)n1. The number of hydrogen-bond donors (Lipinski definition) is 0. The fourth-order valence-electron chi connectivity index (χ4n) is 2.60. The highest BCUT2D eigenvalue weighted by Gasteiger charge is 2.16. The predicted octanol–water partition coefficient (Wildman–Crippen LogP) is 4.40. The van der Waals surface area contributed by atoms with Crippen molar-refractivity contribution in [2.45, 2.75) is 6.42 Å². The van der Waals surface area contributed by atoms with Crippen molar-refractivity contribution in [2.75, 3.05) is 18.5 Å². The summed E-state index contributed by atoms with van der Waals surface area (Å²) in [4.78, 5) is 21.5. The van der Waals surface area contributed by atoms with Gasteiger partial charge in [-0.05, 0) is 23.6 Å². The van der Waals surface area contributed by atoms with Crippen molar-refractivity contribution >= 4 is 28.6 Å². The van der Waals surface area contributed by atoms with Gasteiger partial charge in [0.25, 0.3) is 0 Å². The van der Waals surface area contributed by atoms with Crippen molar-refractivity contribution < 1.29 is 0 Å². The van der Waals surface area contributed by atoms with Crippen molar-refractivity contribution in [3.05, 3.63) is 65.4 Å². The summed E-state index contributed by atoms with van der Waals surface area (Å²) in [6.07, 6.45) is 6.38. The number of pyridine rings is 1. The monoisotopic (exact) mass is 379 g/mol. The van der Waals surface area contributed by atoms with E-state index in [0.717, 1.165) is 39.8 Å². The highest BCUT2D eigenvalue weighted by Crippen LogP contribution is 2.34. The number of thiazole rings is 1. The van der Waals surface area contributed by atoms with Crippen molar-refractivity contribution in [1.82, 2.24) is 19.9 Å². The topological polar surface area (TPSA) is 54.8 Å². The molecule has 0 fully saturated rings. The average Bonchev–Trinajstić information content (AvgIpc) is 3.40. The van der Waals surface area contributed by atoms with Crippen LogP contribution in [0.1, 0.15) is 5.69 Å². The first-order chi connectivity index (χ1) is 12.8. The van der Waals surface area contributed by atoms with E-state index in [9.17, 15) is 0 Å². The van der Waals surface area contributed by atoms with Crippen LogP contribution in [0.3, 0.4) is 0 Å². The smallest absolute Gasteiger partial charge is 0.225 e. The lowest BCUT2D eigenvalue weighted by atomic mass is 10.2. The Kier molecular flexibility index (Phi) is 4.99. The van der Waals surface area contributed by atoms with Gasteiger partial charge in [0.05, 0.1) is 0 Å². The molecule has 130 valence electrons. The fraction of sp³-hybridized carbons (Fsp3) is 0.158. The maximum absolute atomic E-state index is 4.83. The van der Waals surface area contributed by atoms with Crippen LogP contribution in [0.4, 0.5) is 5.95 Å². The minimum absolute atomic E-state index is 0.700. The zero-order valence-corrected chi connectivity index (χ0v) is 15.9. The Labute approximate surface area is 160 Å². The number of aromatic nitrogens is 4. The van der Waals surface area contributed by atoms with Gasteiger partial charge in [-0.15, -0.1) is 22.7 Å². The highest BCUT2D eigenvalue weighted by atomic mass is 32.1. The van der Waals surface area contributed by atoms with E-state index >= 15 is 0 Å². The third-order valence-electron chi connectivity index (χ3n) is 3.97. The van der Waals surface area contributed by atoms with Crippen LogP contribution in [0.25, 0.3) is 21.1 Å². The van der Waals surface area contributed by atoms with Gasteiger partial charge in [-0.2, -0.15) is 0 Å². The second-order valence-corrected chi connectivity index (χ2v) is 7.58. The van der Waals surface area contributed by atoms with Crippen LogP contribution in [0.2, 0.25) is 0 Å². The van der Waals surface area contributed by atoms with Gasteiger partial charge in [0.2, 0.25) is 5.95 Å². The van der Waals surface area contributed by atoms with E-state index in [4.69, 9.17) is 4.98 Å². The number of rotatable bonds is 6. The molecule has 4 aromatic rings. The lowest BCUT2D eigenvalue weighted by molar-refractivity contribution is 0.822. The molecule has 0 unspecified atom stereocenters. The second-order valence-electron chi connectivity index (χ2n) is 5.74. The molecule has 0 bridgehead atoms. The van der Waals surface area contributed by atoms with Crippen LogP contribution in [0.15, 0.2) is 59.7 Å². The van der Waals surface area contributed by atoms with Crippen molar-refractivity contribution in [1.29, 1.82) is 0 Å². The predicted molar refractivity (Wildman–Crippen MR) is 108 cm³/mol. The third kappa shape index (κ3) is 3.63. The van der Waals surface area contributed by atoms with Gasteiger partial charge in [0, 0.05) is 60.1 Å². The summed E-state index contributed by atoms with van der Waals surface area (Å²) in [6.45, 7) is 0.798. The van der Waals surface area contributed by atoms with Gasteiger partial charge >= 0.3 is 0 Å². The van der Waals surface area contributed by atoms with Crippen LogP contribution in [0.5, 0.6) is 0 Å². The minimum Gasteiger partial charge on any atom is -0.343 e. The summed E-state index contributed by atoms with van der Waals surface area (Å²) in [5.41, 5.74) is 2.98. The molecule has 0 aliphatic carbocycles. The molecule has 7 heteroatoms. The summed E-state index contributed by atoms with van der Waals surface area (Å²) in [5, 5.41) is 4.95. The molecule has 0 aliphatic rings. The summed E-state index contributed by atoms with van der Waals surface area (Å²) in [5.74, 6) is 0.700. The molecule has 0 aromatic carbocycles. The minimum atomic E-state index is 0.700. The van der Waals surface area contributed by atoms with Crippen molar-refractivity contribution in [3.8, 4) is 21.1 Å². The summed E-state index contributed by atoms with van der Waals surface area (Å²) >= 11 is 3.28. The quantitative estimate of drug-likeness (QED) is 0.497. The maximum Gasteiger partial charge on any atom is 0.225 e. The first-order valence-electron chi connectivity index (χ1n) is 8.23. The Hall–Kier alpha value is -2.64. The molecule has 4 heterocycles. The molecule has 0 N–H and O–H groups in total. The van der Waals surface area contributed by atoms with E-state index in [2.05, 4.69) is 31.3 Å². The van der Waals surface area contributed by atoms with Gasteiger partial charge in [0.1, 0.15) is 10.7 Å². The van der Waals surface area contributed by atoms with E-state index in [1.54, 1.807) is 22.7 Å². The Morgan fingerprint density at radius 3 is 2.65 bits per heavy atom. The molecule has 4 rings (SSSR count). The largest absolute Gasteiger partial charge is 0.343 e. The zero-order valence-electron chi connectivity index (χ0n) is 14.2. The molecule has 0 saturated carbocycles. The standard InChI is InChI=1S/C19H17N5S2/c1-24(10-7-14-5-2-3-8-20-14)19-22-13-15(16-6-4-11-25-16)17(23-19)18-21-9-12-26-18/h2-6,8-9,11-13H,7,10H2,1H3. The molecule has 0 spiro atoms. The third-order valence-corrected chi connectivity index (χ3v) is 5.65. The highest BCUT2D eigenvalue weighted by molar-refractivity contribution is 7.14. The number of nitrogens with zero attached hydrogens (tertiary/aromatic N) is 5. The number of anilines is 1. The molecule has 0 amide bonds. The molecular weight excluding hydrogens is 362 g/mol. The second kappa shape index (κ2) is 7.72. The molecule has 0 aliphatic heterocycles. The maximum atomic E-state index is 4.83. The Balaban J connectivity index is 1.62. The normalized spacial score (nSPS) is 10.8. The van der Waals surface area contributed by atoms with Crippen LogP contribution >= 0.6 is 22.7 Å². The van der Waals surface area contributed by atoms with Gasteiger partial charge in [-0.25, -0.2) is 15.0 Å². The fourth-order valence-corrected chi connectivity index (χ4v) is 3.98. The van der Waals surface area contributed by atoms with E-state index in [0.29, 0.717) is 5.95 Å². The van der Waals surface area contributed by atoms with Crippen LogP contribution in [0, 0.1) is 0 Å². The number of likely N-dealkylation sites (N-methyl/N-ethyl adjacent to an activating group) is 1. The lowest BCUT2D eigenvalue weighted by Crippen LogP contribution is -2.23. The molecule has 0 radical (unpaired) electrons. The molecule has 4 aromatic heterocycles. The molecular formula is C19H17N5S2. The first kappa shape index (κ1) is 16.8. The van der Waals surface area contributed by atoms with Crippen LogP contribution < -0.4 is 4.90 Å². The van der Waals surface area contributed by atoms with Crippen LogP contribution in [-0.2, 0) is 6.42 Å². The number of thiophene rings is 1. The molecule has 5 nitrogen and oxygen atoms in total. The van der Waals surface area contributed by atoms with Gasteiger partial charge in [0.15, 0.2) is 0 Å². The Bertz CT molecular complexity index is 953. The van der Waals surface area contributed by atoms with E-state index < -0.39 is 0 Å². The van der Waals surface area contributed by atoms with Gasteiger partial charge < -0.3 is 4.90 Å². The van der Waals surface area contributed by atoms with E-state index in [1.807, 2.05) is 55.3 Å². The summed E-state index contributed by atoms with van der Waals surface area (Å²) < 4.78 is 0. The summed E-state index contributed by atoms with van der Waals surface area (Å²) in [7, 11) is 2.01. The Morgan fingerprint density at radius 1 is 0.962 bits per heavy atom.